The van der Waals surface area contributed by atoms with Crippen LogP contribution in [0.15, 0.2) is 0 Å². The third kappa shape index (κ3) is 1.40. The molecule has 2 saturated heterocycles. The summed E-state index contributed by atoms with van der Waals surface area (Å²) in [6, 6.07) is 0. The Morgan fingerprint density at radius 3 is 2.92 bits per heavy atom. The van der Waals surface area contributed by atoms with Crippen molar-refractivity contribution in [3.8, 4) is 0 Å². The van der Waals surface area contributed by atoms with Gasteiger partial charge in [0.2, 0.25) is 0 Å². The molecule has 0 aromatic rings. The lowest BCUT2D eigenvalue weighted by atomic mass is 9.95. The van der Waals surface area contributed by atoms with Gasteiger partial charge in [-0.1, -0.05) is 0 Å². The molecule has 0 bridgehead atoms. The topological polar surface area (TPSA) is 15.3 Å². The van der Waals surface area contributed by atoms with E-state index in [0.29, 0.717) is 5.54 Å². The highest BCUT2D eigenvalue weighted by molar-refractivity contribution is 5.02. The van der Waals surface area contributed by atoms with Crippen molar-refractivity contribution in [2.24, 2.45) is 5.92 Å². The van der Waals surface area contributed by atoms with Gasteiger partial charge in [-0.3, -0.25) is 4.90 Å². The minimum atomic E-state index is 0.600. The van der Waals surface area contributed by atoms with Crippen molar-refractivity contribution in [1.82, 2.24) is 10.2 Å². The summed E-state index contributed by atoms with van der Waals surface area (Å²) in [5, 5.41) is 3.54. The number of nitrogens with zero attached hydrogens (tertiary/aromatic N) is 1. The van der Waals surface area contributed by atoms with Gasteiger partial charge < -0.3 is 5.32 Å². The zero-order valence-corrected chi connectivity index (χ0v) is 8.39. The molecule has 1 aliphatic carbocycles. The molecular weight excluding hydrogens is 160 g/mol. The van der Waals surface area contributed by atoms with Crippen molar-refractivity contribution in [1.29, 1.82) is 0 Å². The SMILES string of the molecule is C1CN(CC2CC2)[C@]2(C1)CCNC2. The van der Waals surface area contributed by atoms with Gasteiger partial charge in [-0.25, -0.2) is 0 Å². The van der Waals surface area contributed by atoms with Crippen LogP contribution in [0.3, 0.4) is 0 Å². The molecule has 1 spiro atoms. The molecule has 0 amide bonds. The van der Waals surface area contributed by atoms with Crippen LogP contribution in [-0.2, 0) is 0 Å². The molecule has 0 unspecified atom stereocenters. The van der Waals surface area contributed by atoms with Crippen molar-refractivity contribution in [3.63, 3.8) is 0 Å². The van der Waals surface area contributed by atoms with Gasteiger partial charge >= 0.3 is 0 Å². The normalized spacial score (nSPS) is 40.6. The van der Waals surface area contributed by atoms with Gasteiger partial charge in [-0.05, 0) is 51.1 Å². The average Bonchev–Trinajstić information content (AvgIpc) is 2.71. The van der Waals surface area contributed by atoms with E-state index in [9.17, 15) is 0 Å². The van der Waals surface area contributed by atoms with Crippen LogP contribution in [0, 0.1) is 5.92 Å². The van der Waals surface area contributed by atoms with E-state index in [1.54, 1.807) is 0 Å². The first-order valence-corrected chi connectivity index (χ1v) is 5.85. The second kappa shape index (κ2) is 2.96. The van der Waals surface area contributed by atoms with Crippen molar-refractivity contribution < 1.29 is 0 Å². The summed E-state index contributed by atoms with van der Waals surface area (Å²) >= 11 is 0. The van der Waals surface area contributed by atoms with E-state index < -0.39 is 0 Å². The molecule has 74 valence electrons. The molecule has 3 aliphatic rings. The van der Waals surface area contributed by atoms with Crippen LogP contribution in [0.1, 0.15) is 32.1 Å². The van der Waals surface area contributed by atoms with E-state index in [2.05, 4.69) is 10.2 Å². The van der Waals surface area contributed by atoms with Crippen molar-refractivity contribution >= 4 is 0 Å². The summed E-state index contributed by atoms with van der Waals surface area (Å²) in [6.07, 6.45) is 7.29. The third-order valence-corrected chi connectivity index (χ3v) is 4.14. The van der Waals surface area contributed by atoms with Crippen LogP contribution in [0.5, 0.6) is 0 Å². The molecule has 0 aromatic carbocycles. The largest absolute Gasteiger partial charge is 0.315 e. The second-order valence-corrected chi connectivity index (χ2v) is 5.14. The molecule has 0 radical (unpaired) electrons. The lowest BCUT2D eigenvalue weighted by molar-refractivity contribution is 0.150. The Labute approximate surface area is 80.7 Å². The maximum Gasteiger partial charge on any atom is 0.0346 e. The highest BCUT2D eigenvalue weighted by Crippen LogP contribution is 2.39. The number of rotatable bonds is 2. The zero-order valence-electron chi connectivity index (χ0n) is 8.39. The first-order valence-electron chi connectivity index (χ1n) is 5.85. The molecule has 2 aliphatic heterocycles. The van der Waals surface area contributed by atoms with Crippen LogP contribution in [-0.4, -0.2) is 36.6 Å². The van der Waals surface area contributed by atoms with Gasteiger partial charge in [-0.2, -0.15) is 0 Å². The smallest absolute Gasteiger partial charge is 0.0346 e. The van der Waals surface area contributed by atoms with E-state index >= 15 is 0 Å². The van der Waals surface area contributed by atoms with Crippen LogP contribution < -0.4 is 5.32 Å². The fraction of sp³-hybridized carbons (Fsp3) is 1.00. The Morgan fingerprint density at radius 1 is 1.31 bits per heavy atom. The Balaban J connectivity index is 1.69. The molecule has 13 heavy (non-hydrogen) atoms. The molecule has 1 saturated carbocycles. The van der Waals surface area contributed by atoms with Crippen LogP contribution in [0.25, 0.3) is 0 Å². The fourth-order valence-electron chi connectivity index (χ4n) is 3.11. The average molecular weight is 180 g/mol. The maximum absolute atomic E-state index is 3.54. The zero-order chi connectivity index (χ0) is 8.73. The fourth-order valence-corrected chi connectivity index (χ4v) is 3.11. The highest BCUT2D eigenvalue weighted by Gasteiger charge is 2.44. The van der Waals surface area contributed by atoms with E-state index in [1.165, 1.54) is 58.3 Å². The molecular formula is C11H20N2. The number of hydrogen-bond donors (Lipinski definition) is 1. The standard InChI is InChI=1S/C11H20N2/c1-4-11(5-6-12-9-11)13(7-1)8-10-2-3-10/h10,12H,1-9H2/t11-/m1/s1. The molecule has 3 fully saturated rings. The summed E-state index contributed by atoms with van der Waals surface area (Å²) in [6.45, 7) is 5.29. The van der Waals surface area contributed by atoms with Gasteiger partial charge in [0.25, 0.3) is 0 Å². The van der Waals surface area contributed by atoms with Gasteiger partial charge in [0, 0.05) is 18.6 Å². The van der Waals surface area contributed by atoms with E-state index in [1.807, 2.05) is 0 Å². The first kappa shape index (κ1) is 8.25. The minimum absolute atomic E-state index is 0.600. The first-order chi connectivity index (χ1) is 6.39. The Morgan fingerprint density at radius 2 is 2.23 bits per heavy atom. The molecule has 2 heteroatoms. The molecule has 3 rings (SSSR count). The summed E-state index contributed by atoms with van der Waals surface area (Å²) in [5.41, 5.74) is 0.600. The number of nitrogens with one attached hydrogen (secondary N) is 1. The highest BCUT2D eigenvalue weighted by atomic mass is 15.3. The van der Waals surface area contributed by atoms with Gasteiger partial charge in [-0.15, -0.1) is 0 Å². The summed E-state index contributed by atoms with van der Waals surface area (Å²) < 4.78 is 0. The summed E-state index contributed by atoms with van der Waals surface area (Å²) in [4.78, 5) is 2.80. The quantitative estimate of drug-likeness (QED) is 0.687. The van der Waals surface area contributed by atoms with Crippen molar-refractivity contribution in [3.05, 3.63) is 0 Å². The molecule has 2 nitrogen and oxygen atoms in total. The van der Waals surface area contributed by atoms with Crippen LogP contribution >= 0.6 is 0 Å². The second-order valence-electron chi connectivity index (χ2n) is 5.14. The van der Waals surface area contributed by atoms with E-state index in [0.717, 1.165) is 5.92 Å². The van der Waals surface area contributed by atoms with Crippen LogP contribution in [0.2, 0.25) is 0 Å². The number of hydrogen-bond acceptors (Lipinski definition) is 2. The summed E-state index contributed by atoms with van der Waals surface area (Å²) in [5.74, 6) is 1.07. The monoisotopic (exact) mass is 180 g/mol. The van der Waals surface area contributed by atoms with Gasteiger partial charge in [0.1, 0.15) is 0 Å². The maximum atomic E-state index is 3.54. The van der Waals surface area contributed by atoms with E-state index in [4.69, 9.17) is 0 Å². The molecule has 0 aromatic heterocycles. The predicted molar refractivity (Wildman–Crippen MR) is 53.7 cm³/mol. The molecule has 2 heterocycles. The van der Waals surface area contributed by atoms with Gasteiger partial charge in [0.15, 0.2) is 0 Å². The lowest BCUT2D eigenvalue weighted by Crippen LogP contribution is -2.46. The predicted octanol–water partition coefficient (Wildman–Crippen LogP) is 1.22. The van der Waals surface area contributed by atoms with E-state index in [-0.39, 0.29) is 0 Å². The Kier molecular flexibility index (Phi) is 1.88. The third-order valence-electron chi connectivity index (χ3n) is 4.14. The Bertz CT molecular complexity index is 187. The minimum Gasteiger partial charge on any atom is -0.315 e. The van der Waals surface area contributed by atoms with Gasteiger partial charge in [0.05, 0.1) is 0 Å². The lowest BCUT2D eigenvalue weighted by Gasteiger charge is -2.34. The molecule has 1 N–H and O–H groups in total. The number of likely N-dealkylation sites (tertiary alicyclic amines) is 1. The summed E-state index contributed by atoms with van der Waals surface area (Å²) in [7, 11) is 0. The van der Waals surface area contributed by atoms with Crippen molar-refractivity contribution in [2.45, 2.75) is 37.6 Å². The van der Waals surface area contributed by atoms with Crippen LogP contribution in [0.4, 0.5) is 0 Å². The molecule has 1 atom stereocenters. The van der Waals surface area contributed by atoms with Crippen molar-refractivity contribution in [2.75, 3.05) is 26.2 Å². The Hall–Kier alpha value is -0.0800.